The van der Waals surface area contributed by atoms with Crippen LogP contribution in [0.4, 0.5) is 0 Å². The summed E-state index contributed by atoms with van der Waals surface area (Å²) in [5.74, 6) is -0.871. The van der Waals surface area contributed by atoms with E-state index in [0.717, 1.165) is 51.4 Å². The zero-order chi connectivity index (χ0) is 39.3. The molecule has 0 fully saturated rings. The number of likely N-dealkylation sites (N-methyl/N-ethyl adjacent to an activating group) is 1. The number of esters is 2. The molecule has 53 heavy (non-hydrogen) atoms. The van der Waals surface area contributed by atoms with E-state index >= 15 is 0 Å². The summed E-state index contributed by atoms with van der Waals surface area (Å²) < 4.78 is 34.1. The van der Waals surface area contributed by atoms with Crippen molar-refractivity contribution < 1.29 is 42.1 Å². The van der Waals surface area contributed by atoms with Gasteiger partial charge in [-0.1, -0.05) is 145 Å². The van der Waals surface area contributed by atoms with Gasteiger partial charge in [-0.05, 0) is 51.4 Å². The lowest BCUT2D eigenvalue weighted by molar-refractivity contribution is -0.870. The number of carbonyl (C=O) groups excluding carboxylic acids is 2. The Kier molecular flexibility index (Phi) is 33.9. The zero-order valence-electron chi connectivity index (χ0n) is 34.2. The highest BCUT2D eigenvalue weighted by atomic mass is 31.2. The molecule has 9 nitrogen and oxygen atoms in total. The Balaban J connectivity index is 4.52. The molecule has 0 aromatic rings. The lowest BCUT2D eigenvalue weighted by Gasteiger charge is -2.24. The van der Waals surface area contributed by atoms with Gasteiger partial charge in [0.25, 0.3) is 0 Å². The van der Waals surface area contributed by atoms with Crippen molar-refractivity contribution in [2.24, 2.45) is 0 Å². The molecule has 1 N–H and O–H groups in total. The third kappa shape index (κ3) is 39.2. The number of rotatable bonds is 36. The predicted octanol–water partition coefficient (Wildman–Crippen LogP) is 11.3. The minimum absolute atomic E-state index is 0.0194. The Morgan fingerprint density at radius 2 is 1.08 bits per heavy atom. The molecule has 0 radical (unpaired) electrons. The van der Waals surface area contributed by atoms with Crippen molar-refractivity contribution in [1.29, 1.82) is 0 Å². The molecule has 0 aliphatic heterocycles. The molecule has 0 aromatic heterocycles. The molecule has 0 saturated carbocycles. The minimum Gasteiger partial charge on any atom is -0.462 e. The summed E-state index contributed by atoms with van der Waals surface area (Å²) in [5.41, 5.74) is 0. The van der Waals surface area contributed by atoms with Crippen LogP contribution in [0, 0.1) is 0 Å². The first-order valence-corrected chi connectivity index (χ1v) is 22.0. The average Bonchev–Trinajstić information content (AvgIpc) is 3.10. The van der Waals surface area contributed by atoms with Gasteiger partial charge in [-0.25, -0.2) is 4.57 Å². The summed E-state index contributed by atoms with van der Waals surface area (Å²) >= 11 is 0. The maximum Gasteiger partial charge on any atom is 0.472 e. The highest BCUT2D eigenvalue weighted by molar-refractivity contribution is 7.47. The fraction of sp³-hybridized carbons (Fsp3) is 0.721. The fourth-order valence-corrected chi connectivity index (χ4v) is 5.85. The molecule has 2 atom stereocenters. The smallest absolute Gasteiger partial charge is 0.462 e. The molecule has 0 spiro atoms. The molecule has 0 rings (SSSR count). The van der Waals surface area contributed by atoms with Gasteiger partial charge in [0.15, 0.2) is 6.10 Å². The van der Waals surface area contributed by atoms with Gasteiger partial charge in [0.05, 0.1) is 27.7 Å². The number of nitrogens with zero attached hydrogens (tertiary/aromatic N) is 1. The number of unbranched alkanes of at least 4 members (excludes halogenated alkanes) is 12. The Bertz CT molecular complexity index is 1090. The van der Waals surface area contributed by atoms with Crippen molar-refractivity contribution in [2.45, 2.75) is 155 Å². The highest BCUT2D eigenvalue weighted by Gasteiger charge is 2.27. The Morgan fingerprint density at radius 3 is 1.58 bits per heavy atom. The van der Waals surface area contributed by atoms with Crippen LogP contribution in [0.25, 0.3) is 0 Å². The van der Waals surface area contributed by atoms with Crippen LogP contribution in [0.3, 0.4) is 0 Å². The van der Waals surface area contributed by atoms with E-state index in [1.165, 1.54) is 57.8 Å². The van der Waals surface area contributed by atoms with Gasteiger partial charge in [-0.2, -0.15) is 0 Å². The normalized spacial score (nSPS) is 14.3. The van der Waals surface area contributed by atoms with E-state index in [4.69, 9.17) is 18.5 Å². The van der Waals surface area contributed by atoms with E-state index in [1.54, 1.807) is 0 Å². The van der Waals surface area contributed by atoms with Crippen LogP contribution in [0.1, 0.15) is 149 Å². The molecule has 0 saturated heterocycles. The third-order valence-corrected chi connectivity index (χ3v) is 9.30. The van der Waals surface area contributed by atoms with Gasteiger partial charge >= 0.3 is 19.8 Å². The Labute approximate surface area is 324 Å². The number of phosphoric acid groups is 1. The molecule has 0 aromatic carbocycles. The second-order valence-corrected chi connectivity index (χ2v) is 16.1. The molecular formula is C43H77NO8P+. The number of phosphoric ester groups is 1. The predicted molar refractivity (Wildman–Crippen MR) is 219 cm³/mol. The molecule has 0 heterocycles. The van der Waals surface area contributed by atoms with E-state index in [2.05, 4.69) is 68.5 Å². The molecular weight excluding hydrogens is 689 g/mol. The lowest BCUT2D eigenvalue weighted by atomic mass is 10.0. The van der Waals surface area contributed by atoms with Crippen molar-refractivity contribution in [3.05, 3.63) is 60.8 Å². The maximum absolute atomic E-state index is 12.6. The van der Waals surface area contributed by atoms with Crippen LogP contribution < -0.4 is 0 Å². The van der Waals surface area contributed by atoms with Crippen LogP contribution in [-0.4, -0.2) is 74.9 Å². The maximum atomic E-state index is 12.6. The molecule has 0 aliphatic carbocycles. The van der Waals surface area contributed by atoms with E-state index in [0.29, 0.717) is 23.9 Å². The molecule has 0 bridgehead atoms. The van der Waals surface area contributed by atoms with E-state index in [-0.39, 0.29) is 32.0 Å². The first kappa shape index (κ1) is 50.7. The minimum atomic E-state index is -4.39. The molecule has 0 aliphatic rings. The van der Waals surface area contributed by atoms with Gasteiger partial charge in [0.1, 0.15) is 19.8 Å². The largest absolute Gasteiger partial charge is 0.472 e. The van der Waals surface area contributed by atoms with Crippen molar-refractivity contribution in [3.8, 4) is 0 Å². The van der Waals surface area contributed by atoms with Crippen LogP contribution >= 0.6 is 7.82 Å². The van der Waals surface area contributed by atoms with E-state index in [9.17, 15) is 19.0 Å². The monoisotopic (exact) mass is 767 g/mol. The zero-order valence-corrected chi connectivity index (χ0v) is 35.1. The fourth-order valence-electron chi connectivity index (χ4n) is 5.11. The van der Waals surface area contributed by atoms with Crippen molar-refractivity contribution in [2.75, 3.05) is 47.5 Å². The second-order valence-electron chi connectivity index (χ2n) is 14.6. The van der Waals surface area contributed by atoms with Gasteiger partial charge in [0.2, 0.25) is 0 Å². The average molecular weight is 767 g/mol. The summed E-state index contributed by atoms with van der Waals surface area (Å²) in [7, 11) is 1.43. The van der Waals surface area contributed by atoms with Crippen LogP contribution in [0.5, 0.6) is 0 Å². The number of hydrogen-bond donors (Lipinski definition) is 1. The Hall–Kier alpha value is -2.29. The molecule has 0 amide bonds. The van der Waals surface area contributed by atoms with Gasteiger partial charge in [-0.15, -0.1) is 0 Å². The summed E-state index contributed by atoms with van der Waals surface area (Å²) in [6.45, 7) is 4.22. The van der Waals surface area contributed by atoms with Crippen molar-refractivity contribution in [3.63, 3.8) is 0 Å². The number of hydrogen-bond acceptors (Lipinski definition) is 7. The Morgan fingerprint density at radius 1 is 0.604 bits per heavy atom. The standard InChI is InChI=1S/C43H76NO8P/c1-6-8-10-12-14-16-18-20-21-22-23-24-26-28-30-32-34-36-43(46)52-41(40-51-53(47,48)50-38-37-44(3,4)5)39-49-42(45)35-33-31-29-27-25-19-17-15-13-11-9-7-2/h8,10,14,16,20-21,23-24,28,30,41H,6-7,9,11-13,15,17-19,22,25-27,29,31-40H2,1-5H3/p+1/b10-8-,16-14-,21-20-,24-23-,30-28-/t41-/m1/s1. The highest BCUT2D eigenvalue weighted by Crippen LogP contribution is 2.43. The van der Waals surface area contributed by atoms with Crippen LogP contribution in [0.2, 0.25) is 0 Å². The summed E-state index contributed by atoms with van der Waals surface area (Å²) in [5, 5.41) is 0. The van der Waals surface area contributed by atoms with E-state index in [1.807, 2.05) is 27.2 Å². The first-order valence-electron chi connectivity index (χ1n) is 20.5. The van der Waals surface area contributed by atoms with Crippen LogP contribution in [-0.2, 0) is 32.7 Å². The summed E-state index contributed by atoms with van der Waals surface area (Å²) in [6.07, 6.45) is 41.3. The topological polar surface area (TPSA) is 108 Å². The number of ether oxygens (including phenoxy) is 2. The molecule has 10 heteroatoms. The third-order valence-electron chi connectivity index (χ3n) is 8.31. The molecule has 1 unspecified atom stereocenters. The number of allylic oxidation sites excluding steroid dienone is 10. The number of quaternary nitrogens is 1. The second kappa shape index (κ2) is 35.4. The number of carbonyl (C=O) groups is 2. The quantitative estimate of drug-likeness (QED) is 0.0221. The van der Waals surface area contributed by atoms with Crippen molar-refractivity contribution in [1.82, 2.24) is 0 Å². The lowest BCUT2D eigenvalue weighted by Crippen LogP contribution is -2.37. The van der Waals surface area contributed by atoms with Gasteiger partial charge in [-0.3, -0.25) is 18.6 Å². The van der Waals surface area contributed by atoms with Crippen LogP contribution in [0.15, 0.2) is 60.8 Å². The first-order chi connectivity index (χ1) is 25.5. The van der Waals surface area contributed by atoms with Gasteiger partial charge in [0, 0.05) is 12.8 Å². The van der Waals surface area contributed by atoms with E-state index < -0.39 is 26.5 Å². The summed E-state index contributed by atoms with van der Waals surface area (Å²) in [4.78, 5) is 35.2. The van der Waals surface area contributed by atoms with Crippen molar-refractivity contribution >= 4 is 19.8 Å². The SMILES string of the molecule is CC/C=C\C/C=C\C/C=C\C/C=C\C/C=C\CCCC(=O)O[C@H](COC(=O)CCCCCCCCCCCCCC)COP(=O)(O)OCC[N+](C)(C)C. The summed E-state index contributed by atoms with van der Waals surface area (Å²) in [6, 6.07) is 0. The molecule has 306 valence electrons. The van der Waals surface area contributed by atoms with Gasteiger partial charge < -0.3 is 18.9 Å².